The maximum atomic E-state index is 13.5. The molecule has 1 heterocycles. The van der Waals surface area contributed by atoms with E-state index in [2.05, 4.69) is 17.1 Å². The van der Waals surface area contributed by atoms with Crippen molar-refractivity contribution in [3.05, 3.63) is 41.0 Å². The second-order valence-electron chi connectivity index (χ2n) is 19.2. The highest BCUT2D eigenvalue weighted by atomic mass is 16.6. The number of rotatable bonds is 16. The van der Waals surface area contributed by atoms with E-state index >= 15 is 0 Å². The number of hydrogen-bond donors (Lipinski definition) is 1. The molecule has 16 heteroatoms. The Morgan fingerprint density at radius 2 is 1.05 bits per heavy atom. The molecule has 1 amide bonds. The van der Waals surface area contributed by atoms with E-state index < -0.39 is 52.3 Å². The van der Waals surface area contributed by atoms with Crippen molar-refractivity contribution >= 4 is 29.8 Å². The number of carbonyl (C=O) groups excluding carboxylic acids is 5. The molecule has 1 N–H and O–H groups in total. The van der Waals surface area contributed by atoms with Crippen LogP contribution in [0.4, 0.5) is 0 Å². The van der Waals surface area contributed by atoms with Gasteiger partial charge in [0, 0.05) is 58.4 Å². The van der Waals surface area contributed by atoms with Crippen molar-refractivity contribution in [1.29, 1.82) is 0 Å². The smallest absolute Gasteiger partial charge is 0.320 e. The first kappa shape index (κ1) is 54.0. The van der Waals surface area contributed by atoms with Gasteiger partial charge in [0.1, 0.15) is 28.1 Å². The van der Waals surface area contributed by atoms with Gasteiger partial charge in [0.2, 0.25) is 5.91 Å². The summed E-state index contributed by atoms with van der Waals surface area (Å²) < 4.78 is 22.8. The minimum atomic E-state index is -0.770. The van der Waals surface area contributed by atoms with Gasteiger partial charge in [-0.2, -0.15) is 0 Å². The van der Waals surface area contributed by atoms with Gasteiger partial charge in [0.05, 0.1) is 32.6 Å². The zero-order chi connectivity index (χ0) is 45.9. The Morgan fingerprint density at radius 1 is 0.633 bits per heavy atom. The molecule has 60 heavy (non-hydrogen) atoms. The van der Waals surface area contributed by atoms with Crippen LogP contribution in [-0.4, -0.2) is 156 Å². The molecule has 0 aromatic rings. The average molecular weight is 849 g/mol. The lowest BCUT2D eigenvalue weighted by Gasteiger charge is -2.37. The number of nitroso groups, excluding NO2 is 1. The lowest BCUT2D eigenvalue weighted by molar-refractivity contribution is -0.159. The maximum Gasteiger partial charge on any atom is 0.320 e. The summed E-state index contributed by atoms with van der Waals surface area (Å²) in [7, 11) is 0. The number of carbonyl (C=O) groups is 5. The van der Waals surface area contributed by atoms with Gasteiger partial charge in [-0.3, -0.25) is 43.6 Å². The summed E-state index contributed by atoms with van der Waals surface area (Å²) in [6.45, 7) is 29.7. The van der Waals surface area contributed by atoms with E-state index in [4.69, 9.17) is 18.9 Å². The summed E-state index contributed by atoms with van der Waals surface area (Å²) in [6, 6.07) is -0.561. The molecule has 0 aromatic carbocycles. The van der Waals surface area contributed by atoms with Gasteiger partial charge in [-0.05, 0) is 113 Å². The van der Waals surface area contributed by atoms with E-state index in [-0.39, 0.29) is 63.8 Å². The lowest BCUT2D eigenvalue weighted by atomic mass is 10.1. The van der Waals surface area contributed by atoms with Crippen LogP contribution in [0.2, 0.25) is 0 Å². The highest BCUT2D eigenvalue weighted by Gasteiger charge is 2.31. The van der Waals surface area contributed by atoms with Crippen LogP contribution in [0.3, 0.4) is 0 Å². The van der Waals surface area contributed by atoms with Gasteiger partial charge in [0.15, 0.2) is 0 Å². The lowest BCUT2D eigenvalue weighted by Crippen LogP contribution is -2.55. The Labute approximate surface area is 359 Å². The second-order valence-corrected chi connectivity index (χ2v) is 19.2. The molecule has 0 spiro atoms. The highest BCUT2D eigenvalue weighted by molar-refractivity contribution is 5.79. The van der Waals surface area contributed by atoms with Crippen molar-refractivity contribution in [3.63, 3.8) is 0 Å². The number of nitrogens with zero attached hydrogens (tertiary/aromatic N) is 5. The zero-order valence-corrected chi connectivity index (χ0v) is 38.9. The maximum absolute atomic E-state index is 13.5. The van der Waals surface area contributed by atoms with Gasteiger partial charge in [-0.15, -0.1) is 4.91 Å². The van der Waals surface area contributed by atoms with Crippen LogP contribution in [-0.2, 0) is 42.9 Å². The molecule has 1 aliphatic heterocycles. The monoisotopic (exact) mass is 849 g/mol. The largest absolute Gasteiger partial charge is 0.459 e. The Morgan fingerprint density at radius 3 is 1.48 bits per heavy atom. The van der Waals surface area contributed by atoms with Crippen LogP contribution in [0.5, 0.6) is 0 Å². The predicted octanol–water partition coefficient (Wildman–Crippen LogP) is 5.01. The molecule has 0 aromatic heterocycles. The quantitative estimate of drug-likeness (QED) is 0.0949. The van der Waals surface area contributed by atoms with Crippen molar-refractivity contribution in [1.82, 2.24) is 24.9 Å². The van der Waals surface area contributed by atoms with E-state index in [0.29, 0.717) is 51.1 Å². The van der Waals surface area contributed by atoms with Crippen LogP contribution in [0, 0.1) is 4.91 Å². The van der Waals surface area contributed by atoms with E-state index in [1.54, 1.807) is 74.5 Å². The standard InChI is InChI=1S/C44H76N6O10/c1-15-17-34(46-56)19-18-33(2)26-36(51)45-27-35-28-49(31-39(54)59-43(9,10)11)23-22-47(29-37(52)57-41(3,4)5)20-16-21-48(30-38(53)58-42(6,7)8)24-25-50(35)32-40(55)60-44(12,13)14/h17-19,35H,2,15-16,20-32H2,1,3-14H3,(H,45,51). The Balaban J connectivity index is 3.73. The fraction of sp³-hybridized carbons (Fsp3) is 0.750. The third-order valence-corrected chi connectivity index (χ3v) is 8.37. The number of hydrogen-bond acceptors (Lipinski definition) is 15. The third kappa shape index (κ3) is 27.0. The summed E-state index contributed by atoms with van der Waals surface area (Å²) in [5.74, 6) is -2.09. The van der Waals surface area contributed by atoms with Crippen molar-refractivity contribution in [2.45, 2.75) is 138 Å². The Bertz CT molecular complexity index is 1500. The average Bonchev–Trinajstić information content (AvgIpc) is 3.05. The van der Waals surface area contributed by atoms with Gasteiger partial charge in [0.25, 0.3) is 0 Å². The fourth-order valence-electron chi connectivity index (χ4n) is 6.16. The van der Waals surface area contributed by atoms with Gasteiger partial charge >= 0.3 is 23.9 Å². The van der Waals surface area contributed by atoms with Gasteiger partial charge in [-0.25, -0.2) is 0 Å². The number of nitrogens with one attached hydrogen (secondary N) is 1. The number of amides is 1. The SMILES string of the molecule is C=C(C=CC(=CCC)N=O)CC(=O)NCC1CN(CC(=O)OC(C)(C)C)CCN(CC(=O)OC(C)(C)C)CCCN(CC(=O)OC(C)(C)C)CCN1CC(=O)OC(C)(C)C. The molecule has 1 atom stereocenters. The Hall–Kier alpha value is -3.99. The van der Waals surface area contributed by atoms with Crippen LogP contribution >= 0.6 is 0 Å². The second kappa shape index (κ2) is 25.1. The van der Waals surface area contributed by atoms with E-state index in [0.717, 1.165) is 0 Å². The summed E-state index contributed by atoms with van der Waals surface area (Å²) in [4.78, 5) is 85.5. The molecule has 0 radical (unpaired) electrons. The number of allylic oxidation sites excluding steroid dienone is 3. The summed E-state index contributed by atoms with van der Waals surface area (Å²) in [5, 5.41) is 5.99. The fourth-order valence-corrected chi connectivity index (χ4v) is 6.16. The van der Waals surface area contributed by atoms with Crippen LogP contribution in [0.1, 0.15) is 109 Å². The first-order valence-electron chi connectivity index (χ1n) is 21.0. The van der Waals surface area contributed by atoms with Crippen molar-refractivity contribution in [2.75, 3.05) is 78.5 Å². The number of ether oxygens (including phenoxy) is 4. The van der Waals surface area contributed by atoms with Gasteiger partial charge in [-0.1, -0.05) is 25.7 Å². The third-order valence-electron chi connectivity index (χ3n) is 8.37. The molecule has 1 fully saturated rings. The summed E-state index contributed by atoms with van der Waals surface area (Å²) in [6.07, 6.45) is 5.87. The van der Waals surface area contributed by atoms with Gasteiger partial charge < -0.3 is 24.3 Å². The van der Waals surface area contributed by atoms with Crippen molar-refractivity contribution in [3.8, 4) is 0 Å². The minimum Gasteiger partial charge on any atom is -0.459 e. The van der Waals surface area contributed by atoms with E-state index in [1.165, 1.54) is 6.08 Å². The molecule has 1 rings (SSSR count). The van der Waals surface area contributed by atoms with Crippen molar-refractivity contribution in [2.24, 2.45) is 5.18 Å². The van der Waals surface area contributed by atoms with E-state index in [1.807, 2.05) is 47.3 Å². The minimum absolute atomic E-state index is 0.00480. The topological polar surface area (TPSA) is 177 Å². The van der Waals surface area contributed by atoms with Crippen LogP contribution in [0.15, 0.2) is 41.3 Å². The van der Waals surface area contributed by atoms with Crippen LogP contribution in [0.25, 0.3) is 0 Å². The number of esters is 4. The molecule has 16 nitrogen and oxygen atoms in total. The molecular formula is C44H76N6O10. The molecule has 342 valence electrons. The molecular weight excluding hydrogens is 773 g/mol. The summed E-state index contributed by atoms with van der Waals surface area (Å²) in [5.41, 5.74) is -2.22. The van der Waals surface area contributed by atoms with E-state index in [9.17, 15) is 28.9 Å². The molecule has 1 aliphatic rings. The normalized spacial score (nSPS) is 18.1. The Kier molecular flexibility index (Phi) is 22.6. The molecule has 1 unspecified atom stereocenters. The highest BCUT2D eigenvalue weighted by Crippen LogP contribution is 2.15. The summed E-state index contributed by atoms with van der Waals surface area (Å²) >= 11 is 0. The molecule has 0 saturated carbocycles. The predicted molar refractivity (Wildman–Crippen MR) is 233 cm³/mol. The molecule has 0 bridgehead atoms. The first-order valence-corrected chi connectivity index (χ1v) is 21.0. The zero-order valence-electron chi connectivity index (χ0n) is 38.9. The first-order chi connectivity index (χ1) is 27.6. The molecule has 0 aliphatic carbocycles. The van der Waals surface area contributed by atoms with Crippen LogP contribution < -0.4 is 5.32 Å². The molecule has 1 saturated heterocycles. The van der Waals surface area contributed by atoms with Crippen molar-refractivity contribution < 1.29 is 42.9 Å².